The first-order chi connectivity index (χ1) is 9.98. The summed E-state index contributed by atoms with van der Waals surface area (Å²) in [4.78, 5) is 13.2. The molecule has 0 atom stereocenters. The topological polar surface area (TPSA) is 41.1 Å². The number of piperazine rings is 1. The Kier molecular flexibility index (Phi) is 4.14. The fourth-order valence-electron chi connectivity index (χ4n) is 2.79. The Morgan fingerprint density at radius 2 is 1.90 bits per heavy atom. The van der Waals surface area contributed by atoms with Crippen LogP contribution in [0.1, 0.15) is 29.6 Å². The number of hydrogen-bond acceptors (Lipinski definition) is 6. The zero-order valence-corrected chi connectivity index (χ0v) is 14.7. The second kappa shape index (κ2) is 5.76. The van der Waals surface area contributed by atoms with Crippen molar-refractivity contribution < 1.29 is 0 Å². The van der Waals surface area contributed by atoms with Crippen LogP contribution in [-0.4, -0.2) is 41.0 Å². The molecule has 0 aromatic carbocycles. The zero-order valence-electron chi connectivity index (χ0n) is 13.1. The van der Waals surface area contributed by atoms with Gasteiger partial charge >= 0.3 is 0 Å². The molecule has 1 aliphatic heterocycles. The van der Waals surface area contributed by atoms with Crippen molar-refractivity contribution >= 4 is 22.7 Å². The summed E-state index contributed by atoms with van der Waals surface area (Å²) in [6.45, 7) is 13.0. The molecule has 0 bridgehead atoms. The fraction of sp³-hybridized carbons (Fsp3) is 0.600. The summed E-state index contributed by atoms with van der Waals surface area (Å²) in [5, 5.41) is 7.90. The van der Waals surface area contributed by atoms with Crippen molar-refractivity contribution in [2.45, 2.75) is 33.2 Å². The van der Waals surface area contributed by atoms with Crippen LogP contribution in [0, 0.1) is 13.8 Å². The summed E-state index contributed by atoms with van der Waals surface area (Å²) in [5.41, 5.74) is 2.18. The minimum atomic E-state index is -0.00134. The minimum absolute atomic E-state index is 0.00134. The van der Waals surface area contributed by atoms with E-state index in [4.69, 9.17) is 4.98 Å². The summed E-state index contributed by atoms with van der Waals surface area (Å²) >= 11 is 3.51. The average molecular weight is 323 g/mol. The number of aromatic nitrogens is 2. The third-order valence-corrected chi connectivity index (χ3v) is 6.32. The summed E-state index contributed by atoms with van der Waals surface area (Å²) < 4.78 is 0. The lowest BCUT2D eigenvalue weighted by Crippen LogP contribution is -2.51. The highest BCUT2D eigenvalue weighted by Crippen LogP contribution is 2.36. The largest absolute Gasteiger partial charge is 0.314 e. The van der Waals surface area contributed by atoms with Crippen LogP contribution in [0.3, 0.4) is 0 Å². The third-order valence-electron chi connectivity index (χ3n) is 4.07. The van der Waals surface area contributed by atoms with Crippen molar-refractivity contribution in [3.05, 3.63) is 21.1 Å². The third kappa shape index (κ3) is 2.90. The van der Waals surface area contributed by atoms with E-state index in [1.165, 1.54) is 9.88 Å². The van der Waals surface area contributed by atoms with Gasteiger partial charge in [0, 0.05) is 31.6 Å². The highest BCUT2D eigenvalue weighted by atomic mass is 32.1. The molecule has 4 nitrogen and oxygen atoms in total. The molecule has 3 rings (SSSR count). The zero-order chi connectivity index (χ0) is 15.0. The Morgan fingerprint density at radius 3 is 2.52 bits per heavy atom. The molecule has 21 heavy (non-hydrogen) atoms. The van der Waals surface area contributed by atoms with Crippen LogP contribution in [0.2, 0.25) is 0 Å². The lowest BCUT2D eigenvalue weighted by Gasteiger charge is -2.39. The quantitative estimate of drug-likeness (QED) is 0.943. The molecule has 3 heterocycles. The van der Waals surface area contributed by atoms with Crippen molar-refractivity contribution in [2.75, 3.05) is 26.2 Å². The lowest BCUT2D eigenvalue weighted by atomic mass is 10.0. The van der Waals surface area contributed by atoms with Crippen LogP contribution < -0.4 is 5.32 Å². The molecular formula is C15H22N4S2. The Bertz CT molecular complexity index is 623. The number of rotatable bonds is 3. The highest BCUT2D eigenvalue weighted by molar-refractivity contribution is 7.16. The van der Waals surface area contributed by atoms with E-state index in [9.17, 15) is 0 Å². The first kappa shape index (κ1) is 15.1. The molecule has 1 aliphatic rings. The molecule has 0 saturated carbocycles. The first-order valence-corrected chi connectivity index (χ1v) is 9.04. The SMILES string of the molecule is Cc1nc(C)c(-c2csc(C(C)(C)N3CCNCC3)n2)s1. The van der Waals surface area contributed by atoms with Crippen LogP contribution in [0.25, 0.3) is 10.6 Å². The highest BCUT2D eigenvalue weighted by Gasteiger charge is 2.32. The smallest absolute Gasteiger partial charge is 0.113 e. The van der Waals surface area contributed by atoms with Crippen molar-refractivity contribution in [2.24, 2.45) is 0 Å². The maximum absolute atomic E-state index is 4.93. The van der Waals surface area contributed by atoms with Crippen LogP contribution in [0.4, 0.5) is 0 Å². The number of nitrogens with one attached hydrogen (secondary N) is 1. The fourth-order valence-corrected chi connectivity index (χ4v) is 4.70. The van der Waals surface area contributed by atoms with Gasteiger partial charge in [-0.1, -0.05) is 0 Å². The Hall–Kier alpha value is -0.820. The van der Waals surface area contributed by atoms with Crippen molar-refractivity contribution in [3.8, 4) is 10.6 Å². The van der Waals surface area contributed by atoms with Gasteiger partial charge in [-0.3, -0.25) is 4.90 Å². The van der Waals surface area contributed by atoms with Gasteiger partial charge in [0.05, 0.1) is 26.8 Å². The number of aryl methyl sites for hydroxylation is 2. The summed E-state index contributed by atoms with van der Waals surface area (Å²) in [7, 11) is 0. The maximum Gasteiger partial charge on any atom is 0.113 e. The van der Waals surface area contributed by atoms with Gasteiger partial charge in [-0.15, -0.1) is 22.7 Å². The van der Waals surface area contributed by atoms with E-state index in [2.05, 4.69) is 48.3 Å². The molecule has 0 amide bonds. The Balaban J connectivity index is 1.88. The monoisotopic (exact) mass is 322 g/mol. The van der Waals surface area contributed by atoms with Crippen LogP contribution in [0.5, 0.6) is 0 Å². The van der Waals surface area contributed by atoms with Gasteiger partial charge < -0.3 is 5.32 Å². The molecular weight excluding hydrogens is 300 g/mol. The first-order valence-electron chi connectivity index (χ1n) is 7.34. The standard InChI is InChI=1S/C15H22N4S2/c1-10-13(21-11(2)17-10)12-9-20-14(18-12)15(3,4)19-7-5-16-6-8-19/h9,16H,5-8H2,1-4H3. The molecule has 0 spiro atoms. The normalized spacial score (nSPS) is 17.3. The molecule has 6 heteroatoms. The van der Waals surface area contributed by atoms with E-state index in [0.717, 1.165) is 42.6 Å². The van der Waals surface area contributed by atoms with E-state index < -0.39 is 0 Å². The summed E-state index contributed by atoms with van der Waals surface area (Å²) in [6, 6.07) is 0. The Labute approximate surface area is 134 Å². The van der Waals surface area contributed by atoms with E-state index in [1.807, 2.05) is 0 Å². The van der Waals surface area contributed by atoms with Crippen molar-refractivity contribution in [3.63, 3.8) is 0 Å². The molecule has 2 aromatic rings. The summed E-state index contributed by atoms with van der Waals surface area (Å²) in [6.07, 6.45) is 0. The van der Waals surface area contributed by atoms with E-state index >= 15 is 0 Å². The molecule has 1 N–H and O–H groups in total. The van der Waals surface area contributed by atoms with Gasteiger partial charge in [-0.2, -0.15) is 0 Å². The van der Waals surface area contributed by atoms with Gasteiger partial charge in [0.25, 0.3) is 0 Å². The second-order valence-corrected chi connectivity index (χ2v) is 8.04. The Morgan fingerprint density at radius 1 is 1.19 bits per heavy atom. The van der Waals surface area contributed by atoms with E-state index in [0.29, 0.717) is 0 Å². The van der Waals surface area contributed by atoms with Crippen LogP contribution in [0.15, 0.2) is 5.38 Å². The van der Waals surface area contributed by atoms with Gasteiger partial charge in [0.1, 0.15) is 5.01 Å². The molecule has 0 unspecified atom stereocenters. The molecule has 0 aliphatic carbocycles. The lowest BCUT2D eigenvalue weighted by molar-refractivity contribution is 0.102. The van der Waals surface area contributed by atoms with Crippen LogP contribution >= 0.6 is 22.7 Å². The van der Waals surface area contributed by atoms with Crippen molar-refractivity contribution in [1.82, 2.24) is 20.2 Å². The van der Waals surface area contributed by atoms with Crippen LogP contribution in [-0.2, 0) is 5.54 Å². The van der Waals surface area contributed by atoms with E-state index in [1.54, 1.807) is 22.7 Å². The minimum Gasteiger partial charge on any atom is -0.314 e. The number of hydrogen-bond donors (Lipinski definition) is 1. The molecule has 1 fully saturated rings. The van der Waals surface area contributed by atoms with Gasteiger partial charge in [0.2, 0.25) is 0 Å². The predicted octanol–water partition coefficient (Wildman–Crippen LogP) is 3.02. The van der Waals surface area contributed by atoms with Crippen molar-refractivity contribution in [1.29, 1.82) is 0 Å². The molecule has 114 valence electrons. The summed E-state index contributed by atoms with van der Waals surface area (Å²) in [5.74, 6) is 0. The van der Waals surface area contributed by atoms with Gasteiger partial charge in [-0.05, 0) is 27.7 Å². The van der Waals surface area contributed by atoms with Gasteiger partial charge in [0.15, 0.2) is 0 Å². The average Bonchev–Trinajstić information content (AvgIpc) is 3.06. The number of thiazole rings is 2. The van der Waals surface area contributed by atoms with Gasteiger partial charge in [-0.25, -0.2) is 9.97 Å². The van der Waals surface area contributed by atoms with E-state index in [-0.39, 0.29) is 5.54 Å². The maximum atomic E-state index is 4.93. The molecule has 1 saturated heterocycles. The predicted molar refractivity (Wildman–Crippen MR) is 90.2 cm³/mol. The molecule has 0 radical (unpaired) electrons. The number of nitrogens with zero attached hydrogens (tertiary/aromatic N) is 3. The second-order valence-electron chi connectivity index (χ2n) is 5.98. The molecule has 2 aromatic heterocycles.